The highest BCUT2D eigenvalue weighted by molar-refractivity contribution is 7.71. The number of esters is 1. The Bertz CT molecular complexity index is 639. The number of amides is 1. The minimum Gasteiger partial charge on any atom is -0.468 e. The fraction of sp³-hybridized carbons (Fsp3) is 0.579. The first-order chi connectivity index (χ1) is 12.1. The van der Waals surface area contributed by atoms with Crippen LogP contribution in [-0.2, 0) is 18.8 Å². The quantitative estimate of drug-likeness (QED) is 0.639. The van der Waals surface area contributed by atoms with E-state index < -0.39 is 24.8 Å². The van der Waals surface area contributed by atoms with E-state index in [0.717, 1.165) is 30.5 Å². The van der Waals surface area contributed by atoms with Crippen LogP contribution in [0.3, 0.4) is 0 Å². The number of methoxy groups -OCH3 is 1. The van der Waals surface area contributed by atoms with E-state index >= 15 is 0 Å². The summed E-state index contributed by atoms with van der Waals surface area (Å²) in [4.78, 5) is 21.5. The lowest BCUT2D eigenvalue weighted by Gasteiger charge is -2.19. The van der Waals surface area contributed by atoms with Gasteiger partial charge in [-0.05, 0) is 40.5 Å². The van der Waals surface area contributed by atoms with Gasteiger partial charge in [0.2, 0.25) is 0 Å². The average molecular weight is 383 g/mol. The number of hydrogen-bond acceptors (Lipinski definition) is 5. The standard InChI is InChI=1S/C11H15OP.C8H15NO4/c1-10-4-6-11(7-5-10)13(12)8-2-3-9-13;1-8(2,3)13-7(11)9-5-6(10)12-4/h4-7H,2-3,8-9H2,1H3;5H2,1-4H3,(H,9,11). The molecule has 1 aromatic carbocycles. The third-order valence-corrected chi connectivity index (χ3v) is 7.11. The van der Waals surface area contributed by atoms with Gasteiger partial charge in [0.25, 0.3) is 0 Å². The molecule has 0 aromatic heterocycles. The number of rotatable bonds is 3. The van der Waals surface area contributed by atoms with E-state index in [1.54, 1.807) is 20.8 Å². The van der Waals surface area contributed by atoms with Gasteiger partial charge in [0.05, 0.1) is 7.11 Å². The van der Waals surface area contributed by atoms with Gasteiger partial charge in [0, 0.05) is 17.6 Å². The molecule has 6 nitrogen and oxygen atoms in total. The minimum atomic E-state index is -1.94. The Morgan fingerprint density at radius 2 is 1.65 bits per heavy atom. The van der Waals surface area contributed by atoms with Gasteiger partial charge in [0.15, 0.2) is 0 Å². The van der Waals surface area contributed by atoms with E-state index in [1.165, 1.54) is 12.7 Å². The molecule has 1 saturated heterocycles. The van der Waals surface area contributed by atoms with Gasteiger partial charge < -0.3 is 19.4 Å². The Balaban J connectivity index is 0.000000260. The van der Waals surface area contributed by atoms with Crippen LogP contribution >= 0.6 is 7.14 Å². The van der Waals surface area contributed by atoms with Crippen LogP contribution in [0.4, 0.5) is 4.79 Å². The van der Waals surface area contributed by atoms with Crippen molar-refractivity contribution in [1.29, 1.82) is 0 Å². The Hall–Kier alpha value is -1.81. The van der Waals surface area contributed by atoms with E-state index in [2.05, 4.69) is 29.1 Å². The first-order valence-electron chi connectivity index (χ1n) is 8.75. The zero-order valence-corrected chi connectivity index (χ0v) is 17.2. The monoisotopic (exact) mass is 383 g/mol. The normalized spacial score (nSPS) is 15.4. The number of carbonyl (C=O) groups is 2. The van der Waals surface area contributed by atoms with Crippen LogP contribution in [0.25, 0.3) is 0 Å². The van der Waals surface area contributed by atoms with Crippen molar-refractivity contribution in [2.45, 2.75) is 46.1 Å². The van der Waals surface area contributed by atoms with Gasteiger partial charge in [-0.25, -0.2) is 4.79 Å². The van der Waals surface area contributed by atoms with Crippen LogP contribution in [0.1, 0.15) is 39.2 Å². The summed E-state index contributed by atoms with van der Waals surface area (Å²) in [6.45, 7) is 7.11. The second-order valence-corrected chi connectivity index (χ2v) is 10.5. The van der Waals surface area contributed by atoms with Crippen molar-refractivity contribution >= 4 is 24.5 Å². The highest BCUT2D eigenvalue weighted by Crippen LogP contribution is 2.50. The number of benzene rings is 1. The highest BCUT2D eigenvalue weighted by Gasteiger charge is 2.28. The summed E-state index contributed by atoms with van der Waals surface area (Å²) in [6.07, 6.45) is 3.51. The second kappa shape index (κ2) is 9.77. The molecule has 1 aliphatic rings. The molecule has 0 aliphatic carbocycles. The number of alkyl carbamates (subject to hydrolysis) is 1. The van der Waals surface area contributed by atoms with Gasteiger partial charge in [-0.2, -0.15) is 0 Å². The third-order valence-electron chi connectivity index (χ3n) is 3.80. The van der Waals surface area contributed by atoms with Crippen LogP contribution in [0.2, 0.25) is 0 Å². The van der Waals surface area contributed by atoms with Gasteiger partial charge in [-0.15, -0.1) is 0 Å². The predicted octanol–water partition coefficient (Wildman–Crippen LogP) is 3.46. The minimum absolute atomic E-state index is 0.175. The molecule has 0 unspecified atom stereocenters. The van der Waals surface area contributed by atoms with Crippen molar-refractivity contribution in [3.63, 3.8) is 0 Å². The zero-order chi connectivity index (χ0) is 19.8. The van der Waals surface area contributed by atoms with E-state index in [4.69, 9.17) is 4.74 Å². The van der Waals surface area contributed by atoms with Crippen molar-refractivity contribution in [2.75, 3.05) is 26.0 Å². The molecular weight excluding hydrogens is 353 g/mol. The zero-order valence-electron chi connectivity index (χ0n) is 16.3. The van der Waals surface area contributed by atoms with E-state index in [1.807, 2.05) is 12.1 Å². The fourth-order valence-corrected chi connectivity index (χ4v) is 5.35. The van der Waals surface area contributed by atoms with E-state index in [9.17, 15) is 14.2 Å². The van der Waals surface area contributed by atoms with Crippen LogP contribution in [0.5, 0.6) is 0 Å². The third kappa shape index (κ3) is 8.05. The van der Waals surface area contributed by atoms with Crippen molar-refractivity contribution in [1.82, 2.24) is 5.32 Å². The van der Waals surface area contributed by atoms with E-state index in [0.29, 0.717) is 0 Å². The van der Waals surface area contributed by atoms with Gasteiger partial charge in [-0.1, -0.05) is 29.8 Å². The fourth-order valence-electron chi connectivity index (χ4n) is 2.45. The molecule has 1 amide bonds. The first-order valence-corrected chi connectivity index (χ1v) is 10.8. The molecular formula is C19H30NO5P. The largest absolute Gasteiger partial charge is 0.468 e. The lowest BCUT2D eigenvalue weighted by molar-refractivity contribution is -0.139. The molecule has 1 fully saturated rings. The Morgan fingerprint density at radius 3 is 2.12 bits per heavy atom. The average Bonchev–Trinajstić information content (AvgIpc) is 3.00. The first kappa shape index (κ1) is 22.2. The molecule has 26 heavy (non-hydrogen) atoms. The topological polar surface area (TPSA) is 81.7 Å². The highest BCUT2D eigenvalue weighted by atomic mass is 31.2. The maximum atomic E-state index is 12.3. The summed E-state index contributed by atoms with van der Waals surface area (Å²) in [7, 11) is -0.693. The lowest BCUT2D eigenvalue weighted by Crippen LogP contribution is -2.35. The smallest absolute Gasteiger partial charge is 0.408 e. The lowest BCUT2D eigenvalue weighted by atomic mass is 10.2. The SMILES string of the molecule is COC(=O)CNC(=O)OC(C)(C)C.Cc1ccc(P2(=O)CCCC2)cc1. The van der Waals surface area contributed by atoms with Crippen LogP contribution < -0.4 is 10.6 Å². The second-order valence-electron chi connectivity index (χ2n) is 7.31. The number of ether oxygens (including phenoxy) is 2. The Morgan fingerprint density at radius 1 is 1.12 bits per heavy atom. The summed E-state index contributed by atoms with van der Waals surface area (Å²) >= 11 is 0. The molecule has 1 N–H and O–H groups in total. The summed E-state index contributed by atoms with van der Waals surface area (Å²) in [5, 5.41) is 3.35. The molecule has 1 aliphatic heterocycles. The van der Waals surface area contributed by atoms with Crippen LogP contribution in [0.15, 0.2) is 24.3 Å². The van der Waals surface area contributed by atoms with Crippen LogP contribution in [-0.4, -0.2) is 43.6 Å². The van der Waals surface area contributed by atoms with Crippen molar-refractivity contribution in [2.24, 2.45) is 0 Å². The molecule has 146 valence electrons. The van der Waals surface area contributed by atoms with Gasteiger partial charge in [-0.3, -0.25) is 4.79 Å². The Labute approximate surface area is 156 Å². The van der Waals surface area contributed by atoms with Gasteiger partial charge in [0.1, 0.15) is 19.3 Å². The van der Waals surface area contributed by atoms with Crippen molar-refractivity contribution < 1.29 is 23.6 Å². The summed E-state index contributed by atoms with van der Waals surface area (Å²) in [5.74, 6) is -0.508. The molecule has 1 heterocycles. The van der Waals surface area contributed by atoms with Crippen molar-refractivity contribution in [3.8, 4) is 0 Å². The molecule has 0 atom stereocenters. The summed E-state index contributed by atoms with van der Waals surface area (Å²) in [5.41, 5.74) is 0.690. The summed E-state index contributed by atoms with van der Waals surface area (Å²) < 4.78 is 21.5. The van der Waals surface area contributed by atoms with Crippen molar-refractivity contribution in [3.05, 3.63) is 29.8 Å². The van der Waals surface area contributed by atoms with Gasteiger partial charge >= 0.3 is 12.1 Å². The number of aryl methyl sites for hydroxylation is 1. The predicted molar refractivity (Wildman–Crippen MR) is 104 cm³/mol. The molecule has 1 aromatic rings. The Kier molecular flexibility index (Phi) is 8.35. The molecule has 2 rings (SSSR count). The molecule has 0 spiro atoms. The maximum Gasteiger partial charge on any atom is 0.408 e. The maximum absolute atomic E-state index is 12.3. The number of hydrogen-bond donors (Lipinski definition) is 1. The number of carbonyl (C=O) groups excluding carboxylic acids is 2. The van der Waals surface area contributed by atoms with E-state index in [-0.39, 0.29) is 6.54 Å². The molecule has 0 saturated carbocycles. The van der Waals surface area contributed by atoms with Crippen LogP contribution in [0, 0.1) is 6.92 Å². The molecule has 0 radical (unpaired) electrons. The number of nitrogens with one attached hydrogen (secondary N) is 1. The summed E-state index contributed by atoms with van der Waals surface area (Å²) in [6, 6.07) is 8.21. The molecule has 7 heteroatoms. The molecule has 0 bridgehead atoms.